The summed E-state index contributed by atoms with van der Waals surface area (Å²) in [5, 5.41) is 0. The number of carbonyl (C=O) groups excluding carboxylic acids is 7. The first-order chi connectivity index (χ1) is 23.0. The van der Waals surface area contributed by atoms with Crippen LogP contribution in [0.5, 0.6) is 0 Å². The lowest BCUT2D eigenvalue weighted by molar-refractivity contribution is -0.201. The van der Waals surface area contributed by atoms with Crippen LogP contribution in [0.2, 0.25) is 0 Å². The van der Waals surface area contributed by atoms with E-state index < -0.39 is 23.0 Å². The van der Waals surface area contributed by atoms with Crippen molar-refractivity contribution in [2.45, 2.75) is 133 Å². The normalized spacial score (nSPS) is 46.7. The Labute approximate surface area is 297 Å². The summed E-state index contributed by atoms with van der Waals surface area (Å²) >= 11 is 0. The van der Waals surface area contributed by atoms with Crippen LogP contribution >= 0.6 is 0 Å². The number of hydrogen-bond donors (Lipinski definition) is 0. The summed E-state index contributed by atoms with van der Waals surface area (Å²) in [6.45, 7) is 22.4. The van der Waals surface area contributed by atoms with E-state index in [9.17, 15) is 33.6 Å². The Morgan fingerprint density at radius 2 is 0.980 bits per heavy atom. The van der Waals surface area contributed by atoms with Crippen LogP contribution in [0, 0.1) is 69.0 Å². The molecule has 276 valence electrons. The van der Waals surface area contributed by atoms with Gasteiger partial charge in [0.05, 0.1) is 11.7 Å². The van der Waals surface area contributed by atoms with Crippen LogP contribution in [0.15, 0.2) is 12.3 Å². The van der Waals surface area contributed by atoms with Gasteiger partial charge in [-0.2, -0.15) is 0 Å². The minimum atomic E-state index is -0.781. The van der Waals surface area contributed by atoms with Gasteiger partial charge in [-0.3, -0.25) is 33.6 Å². The molecule has 0 aromatic carbocycles. The van der Waals surface area contributed by atoms with Crippen molar-refractivity contribution in [3.8, 4) is 0 Å². The third-order valence-corrected chi connectivity index (χ3v) is 14.8. The molecule has 2 aliphatic heterocycles. The topological polar surface area (TPSA) is 138 Å². The fraction of sp³-hybridized carbons (Fsp3) is 0.780. The molecule has 0 amide bonds. The summed E-state index contributed by atoms with van der Waals surface area (Å²) < 4.78 is 11.2. The molecular formula is C41H58O9. The molecule has 2 heterocycles. The average molecular weight is 695 g/mol. The van der Waals surface area contributed by atoms with E-state index in [-0.39, 0.29) is 98.8 Å². The van der Waals surface area contributed by atoms with Crippen molar-refractivity contribution in [3.63, 3.8) is 0 Å². The van der Waals surface area contributed by atoms with Gasteiger partial charge in [0, 0.05) is 41.4 Å². The van der Waals surface area contributed by atoms with Gasteiger partial charge in [-0.1, -0.05) is 48.1 Å². The van der Waals surface area contributed by atoms with Gasteiger partial charge in [0.25, 0.3) is 0 Å². The van der Waals surface area contributed by atoms with Gasteiger partial charge in [-0.15, -0.1) is 0 Å². The second kappa shape index (κ2) is 12.9. The monoisotopic (exact) mass is 694 g/mol. The predicted octanol–water partition coefficient (Wildman–Crippen LogP) is 6.47. The van der Waals surface area contributed by atoms with Gasteiger partial charge in [0.15, 0.2) is 23.8 Å². The average Bonchev–Trinajstić information content (AvgIpc) is 2.99. The number of allylic oxidation sites excluding steroid dienone is 1. The quantitative estimate of drug-likeness (QED) is 0.303. The first-order valence-electron chi connectivity index (χ1n) is 18.7. The first-order valence-corrected chi connectivity index (χ1v) is 18.7. The molecule has 0 unspecified atom stereocenters. The van der Waals surface area contributed by atoms with E-state index in [1.54, 1.807) is 13.8 Å². The molecule has 0 aromatic rings. The lowest BCUT2D eigenvalue weighted by atomic mass is 9.42. The van der Waals surface area contributed by atoms with Gasteiger partial charge in [-0.25, -0.2) is 0 Å². The lowest BCUT2D eigenvalue weighted by Crippen LogP contribution is -2.64. The Bertz CT molecular complexity index is 1410. The Morgan fingerprint density at radius 3 is 1.38 bits per heavy atom. The Kier molecular flexibility index (Phi) is 9.88. The third kappa shape index (κ3) is 5.77. The van der Waals surface area contributed by atoms with Crippen LogP contribution in [0.25, 0.3) is 0 Å². The van der Waals surface area contributed by atoms with Crippen molar-refractivity contribution < 1.29 is 43.0 Å². The molecule has 0 spiro atoms. The molecule has 9 nitrogen and oxygen atoms in total. The maximum absolute atomic E-state index is 13.3. The predicted molar refractivity (Wildman–Crippen MR) is 185 cm³/mol. The maximum Gasteiger partial charge on any atom is 0.310 e. The molecule has 14 atom stereocenters. The van der Waals surface area contributed by atoms with Crippen molar-refractivity contribution in [2.24, 2.45) is 69.0 Å². The zero-order chi connectivity index (χ0) is 37.5. The largest absolute Gasteiger partial charge is 0.487 e. The van der Waals surface area contributed by atoms with Crippen molar-refractivity contribution >= 4 is 40.7 Å². The van der Waals surface area contributed by atoms with Crippen molar-refractivity contribution in [3.05, 3.63) is 12.3 Å². The van der Waals surface area contributed by atoms with Crippen LogP contribution in [0.1, 0.15) is 121 Å². The number of ketones is 6. The van der Waals surface area contributed by atoms with Gasteiger partial charge in [0.1, 0.15) is 23.1 Å². The van der Waals surface area contributed by atoms with Gasteiger partial charge in [-0.05, 0) is 101 Å². The van der Waals surface area contributed by atoms with Crippen molar-refractivity contribution in [2.75, 3.05) is 0 Å². The van der Waals surface area contributed by atoms with Gasteiger partial charge < -0.3 is 9.47 Å². The molecule has 6 aliphatic rings. The highest BCUT2D eigenvalue weighted by atomic mass is 16.5. The van der Waals surface area contributed by atoms with E-state index in [1.165, 1.54) is 13.8 Å². The van der Waals surface area contributed by atoms with Gasteiger partial charge >= 0.3 is 5.97 Å². The molecule has 0 radical (unpaired) electrons. The Balaban J connectivity index is 0.000000194. The van der Waals surface area contributed by atoms with Crippen LogP contribution in [0.4, 0.5) is 0 Å². The molecule has 0 aromatic heterocycles. The summed E-state index contributed by atoms with van der Waals surface area (Å²) in [7, 11) is 0. The number of cyclic esters (lactones) is 1. The van der Waals surface area contributed by atoms with Crippen LogP contribution in [-0.2, 0) is 43.0 Å². The molecule has 50 heavy (non-hydrogen) atoms. The number of carbonyl (C=O) groups is 7. The fourth-order valence-electron chi connectivity index (χ4n) is 12.4. The highest BCUT2D eigenvalue weighted by molar-refractivity contribution is 5.93. The zero-order valence-electron chi connectivity index (χ0n) is 31.8. The van der Waals surface area contributed by atoms with E-state index in [0.29, 0.717) is 44.3 Å². The standard InChI is InChI=1S/C21H30O4.C20H28O5/c1-11-9-16(12(2)22)20(5)8-7-15-14(4)25-17(13(3)23)10-21(15,6)19(20)18(11)24;1-10-8-14(11(2)21)19(4)7-6-13-18(24)25-15(12(3)22)9-20(13,5)17(19)16(10)23/h11,15-17,19H,4,7-10H2,1-3,5-6H3;10,13-15,17H,6-9H2,1-5H3/t11-,15+,16+,17-,19+,20+,21+;10-,13-,14-,15+,17-,19-,20-/m10/s1. The molecule has 6 rings (SSSR count). The number of esters is 1. The number of ether oxygens (including phenoxy) is 2. The smallest absolute Gasteiger partial charge is 0.310 e. The minimum absolute atomic E-state index is 0.0208. The van der Waals surface area contributed by atoms with Crippen LogP contribution in [0.3, 0.4) is 0 Å². The second-order valence-corrected chi connectivity index (χ2v) is 18.1. The zero-order valence-corrected chi connectivity index (χ0v) is 31.8. The summed E-state index contributed by atoms with van der Waals surface area (Å²) in [5.41, 5.74) is -1.78. The van der Waals surface area contributed by atoms with E-state index in [4.69, 9.17) is 9.47 Å². The molecule has 2 saturated heterocycles. The van der Waals surface area contributed by atoms with E-state index in [2.05, 4.69) is 20.4 Å². The van der Waals surface area contributed by atoms with Crippen molar-refractivity contribution in [1.29, 1.82) is 0 Å². The molecule has 4 aliphatic carbocycles. The third-order valence-electron chi connectivity index (χ3n) is 14.8. The first kappa shape index (κ1) is 38.3. The van der Waals surface area contributed by atoms with E-state index in [1.807, 2.05) is 27.7 Å². The molecular weight excluding hydrogens is 636 g/mol. The summed E-state index contributed by atoms with van der Waals surface area (Å²) in [6.07, 6.45) is 3.80. The summed E-state index contributed by atoms with van der Waals surface area (Å²) in [5.74, 6) is -0.699. The molecule has 4 saturated carbocycles. The highest BCUT2D eigenvalue weighted by Crippen LogP contribution is 2.66. The van der Waals surface area contributed by atoms with E-state index in [0.717, 1.165) is 12.8 Å². The van der Waals surface area contributed by atoms with E-state index >= 15 is 0 Å². The second-order valence-electron chi connectivity index (χ2n) is 18.1. The highest BCUT2D eigenvalue weighted by Gasteiger charge is 2.67. The molecule has 0 bridgehead atoms. The SMILES string of the molecule is C=C1O[C@@H](C(C)=O)C[C@]2(C)[C@H]3C(=O)[C@H](C)C[C@@H](C(C)=O)[C@]3(C)CC[C@@H]12.CC(=O)[C@H]1C[C@]2(C)[C@H]3C(=O)[C@@H](C)C[C@@H](C(C)=O)[C@]3(C)CC[C@H]2C(=O)O1. The number of Topliss-reactive ketones (excluding diaryl/α,β-unsaturated/α-hetero) is 6. The maximum atomic E-state index is 13.3. The minimum Gasteiger partial charge on any atom is -0.487 e. The number of hydrogen-bond acceptors (Lipinski definition) is 9. The van der Waals surface area contributed by atoms with Gasteiger partial charge in [0.2, 0.25) is 0 Å². The Morgan fingerprint density at radius 1 is 0.600 bits per heavy atom. The number of fused-ring (bicyclic) bond motifs is 6. The van der Waals surface area contributed by atoms with Crippen molar-refractivity contribution in [1.82, 2.24) is 0 Å². The summed E-state index contributed by atoms with van der Waals surface area (Å²) in [6, 6.07) is 0. The molecule has 9 heteroatoms. The Hall–Kier alpha value is -2.97. The lowest BCUT2D eigenvalue weighted by Gasteiger charge is -2.62. The molecule has 6 fully saturated rings. The number of rotatable bonds is 4. The molecule has 0 N–H and O–H groups in total. The van der Waals surface area contributed by atoms with Crippen LogP contribution in [-0.4, -0.2) is 52.9 Å². The van der Waals surface area contributed by atoms with Crippen LogP contribution < -0.4 is 0 Å². The summed E-state index contributed by atoms with van der Waals surface area (Å²) in [4.78, 5) is 87.8. The fourth-order valence-corrected chi connectivity index (χ4v) is 12.4.